The van der Waals surface area contributed by atoms with E-state index < -0.39 is 6.10 Å². The predicted octanol–water partition coefficient (Wildman–Crippen LogP) is 2.30. The number of hydrogen-bond acceptors (Lipinski definition) is 4. The number of carbonyl (C=O) groups is 1. The third-order valence-electron chi connectivity index (χ3n) is 3.41. The second kappa shape index (κ2) is 8.80. The zero-order valence-electron chi connectivity index (χ0n) is 13.3. The maximum atomic E-state index is 11.3. The highest BCUT2D eigenvalue weighted by Gasteiger charge is 2.19. The van der Waals surface area contributed by atoms with Crippen LogP contribution in [0.15, 0.2) is 30.3 Å². The van der Waals surface area contributed by atoms with Gasteiger partial charge in [-0.05, 0) is 39.2 Å². The van der Waals surface area contributed by atoms with Crippen molar-refractivity contribution in [1.29, 1.82) is 0 Å². The van der Waals surface area contributed by atoms with Gasteiger partial charge in [-0.15, -0.1) is 0 Å². The number of esters is 1. The fraction of sp³-hybridized carbons (Fsp3) is 0.588. The molecule has 0 amide bonds. The molecule has 0 aromatic heterocycles. The Kier molecular flexibility index (Phi) is 7.40. The molecule has 0 aliphatic rings. The Bertz CT molecular complexity index is 417. The summed E-state index contributed by atoms with van der Waals surface area (Å²) in [4.78, 5) is 11.3. The summed E-state index contributed by atoms with van der Waals surface area (Å²) in [5.41, 5.74) is 1.21. The van der Waals surface area contributed by atoms with Gasteiger partial charge in [-0.3, -0.25) is 4.79 Å². The maximum Gasteiger partial charge on any atom is 0.308 e. The van der Waals surface area contributed by atoms with E-state index in [-0.39, 0.29) is 17.9 Å². The molecule has 4 heteroatoms. The SMILES string of the molecule is CCOC(=O)CC(O)CNC(C)(C)CCc1ccccc1. The van der Waals surface area contributed by atoms with Crippen molar-refractivity contribution in [3.05, 3.63) is 35.9 Å². The number of aryl methyl sites for hydroxylation is 1. The summed E-state index contributed by atoms with van der Waals surface area (Å²) in [6.45, 7) is 6.71. The molecule has 1 aromatic rings. The van der Waals surface area contributed by atoms with Crippen LogP contribution in [0.3, 0.4) is 0 Å². The second-order valence-corrected chi connectivity index (χ2v) is 5.91. The fourth-order valence-corrected chi connectivity index (χ4v) is 2.07. The van der Waals surface area contributed by atoms with Gasteiger partial charge < -0.3 is 15.2 Å². The van der Waals surface area contributed by atoms with Crippen LogP contribution in [0.2, 0.25) is 0 Å². The summed E-state index contributed by atoms with van der Waals surface area (Å²) in [5, 5.41) is 13.2. The molecule has 0 spiro atoms. The molecule has 21 heavy (non-hydrogen) atoms. The molecule has 1 aromatic carbocycles. The van der Waals surface area contributed by atoms with Gasteiger partial charge in [0.15, 0.2) is 0 Å². The third-order valence-corrected chi connectivity index (χ3v) is 3.41. The molecule has 0 aliphatic heterocycles. The minimum absolute atomic E-state index is 0.0373. The van der Waals surface area contributed by atoms with Crippen LogP contribution in [0.1, 0.15) is 39.2 Å². The molecule has 118 valence electrons. The normalized spacial score (nSPS) is 13.0. The average Bonchev–Trinajstić information content (AvgIpc) is 2.45. The Morgan fingerprint density at radius 1 is 1.33 bits per heavy atom. The van der Waals surface area contributed by atoms with Gasteiger partial charge in [-0.2, -0.15) is 0 Å². The van der Waals surface area contributed by atoms with Crippen molar-refractivity contribution >= 4 is 5.97 Å². The average molecular weight is 293 g/mol. The van der Waals surface area contributed by atoms with Crippen LogP contribution in [0.5, 0.6) is 0 Å². The van der Waals surface area contributed by atoms with Crippen molar-refractivity contribution in [3.63, 3.8) is 0 Å². The first-order chi connectivity index (χ1) is 9.93. The first-order valence-electron chi connectivity index (χ1n) is 7.55. The van der Waals surface area contributed by atoms with Crippen molar-refractivity contribution in [2.45, 2.75) is 51.7 Å². The minimum Gasteiger partial charge on any atom is -0.466 e. The summed E-state index contributed by atoms with van der Waals surface area (Å²) < 4.78 is 4.82. The second-order valence-electron chi connectivity index (χ2n) is 5.91. The van der Waals surface area contributed by atoms with E-state index in [0.717, 1.165) is 12.8 Å². The van der Waals surface area contributed by atoms with Crippen LogP contribution in [-0.4, -0.2) is 35.9 Å². The van der Waals surface area contributed by atoms with Gasteiger partial charge in [0.05, 0.1) is 19.1 Å². The third kappa shape index (κ3) is 7.83. The van der Waals surface area contributed by atoms with Crippen LogP contribution >= 0.6 is 0 Å². The number of β-amino-alcohol motifs (C(OH)–C–C–N with tert-alkyl or cyclic N) is 1. The van der Waals surface area contributed by atoms with Gasteiger partial charge in [0, 0.05) is 12.1 Å². The Balaban J connectivity index is 2.30. The minimum atomic E-state index is -0.708. The van der Waals surface area contributed by atoms with Crippen LogP contribution in [0.4, 0.5) is 0 Å². The zero-order chi connectivity index (χ0) is 15.7. The van der Waals surface area contributed by atoms with Gasteiger partial charge in [-0.1, -0.05) is 30.3 Å². The molecule has 0 heterocycles. The van der Waals surface area contributed by atoms with Crippen molar-refractivity contribution in [2.24, 2.45) is 0 Å². The molecule has 4 nitrogen and oxygen atoms in total. The molecule has 2 N–H and O–H groups in total. The van der Waals surface area contributed by atoms with Crippen molar-refractivity contribution in [2.75, 3.05) is 13.2 Å². The van der Waals surface area contributed by atoms with E-state index in [4.69, 9.17) is 4.74 Å². The lowest BCUT2D eigenvalue weighted by Gasteiger charge is -2.28. The fourth-order valence-electron chi connectivity index (χ4n) is 2.07. The number of rotatable bonds is 9. The van der Waals surface area contributed by atoms with Crippen molar-refractivity contribution in [1.82, 2.24) is 5.32 Å². The van der Waals surface area contributed by atoms with E-state index in [0.29, 0.717) is 13.2 Å². The topological polar surface area (TPSA) is 58.6 Å². The summed E-state index contributed by atoms with van der Waals surface area (Å²) in [5.74, 6) is -0.353. The number of ether oxygens (including phenoxy) is 1. The van der Waals surface area contributed by atoms with E-state index >= 15 is 0 Å². The van der Waals surface area contributed by atoms with E-state index in [1.54, 1.807) is 6.92 Å². The lowest BCUT2D eigenvalue weighted by molar-refractivity contribution is -0.145. The van der Waals surface area contributed by atoms with Crippen LogP contribution in [0.25, 0.3) is 0 Å². The van der Waals surface area contributed by atoms with Crippen molar-refractivity contribution in [3.8, 4) is 0 Å². The number of benzene rings is 1. The van der Waals surface area contributed by atoms with Gasteiger partial charge >= 0.3 is 5.97 Å². The van der Waals surface area contributed by atoms with E-state index in [1.165, 1.54) is 5.56 Å². The number of hydrogen-bond donors (Lipinski definition) is 2. The molecular weight excluding hydrogens is 266 g/mol. The molecule has 1 rings (SSSR count). The largest absolute Gasteiger partial charge is 0.466 e. The molecule has 1 atom stereocenters. The summed E-state index contributed by atoms with van der Waals surface area (Å²) in [7, 11) is 0. The van der Waals surface area contributed by atoms with Gasteiger partial charge in [0.2, 0.25) is 0 Å². The van der Waals surface area contributed by atoms with Crippen LogP contribution in [-0.2, 0) is 16.0 Å². The molecule has 1 unspecified atom stereocenters. The lowest BCUT2D eigenvalue weighted by Crippen LogP contribution is -2.44. The summed E-state index contributed by atoms with van der Waals surface area (Å²) in [6.07, 6.45) is 1.27. The maximum absolute atomic E-state index is 11.3. The van der Waals surface area contributed by atoms with Crippen molar-refractivity contribution < 1.29 is 14.6 Å². The smallest absolute Gasteiger partial charge is 0.308 e. The summed E-state index contributed by atoms with van der Waals surface area (Å²) >= 11 is 0. The number of aliphatic hydroxyl groups is 1. The molecule has 0 bridgehead atoms. The molecule has 0 fully saturated rings. The number of aliphatic hydroxyl groups excluding tert-OH is 1. The van der Waals surface area contributed by atoms with E-state index in [2.05, 4.69) is 31.3 Å². The highest BCUT2D eigenvalue weighted by atomic mass is 16.5. The predicted molar refractivity (Wildman–Crippen MR) is 84.1 cm³/mol. The molecule has 0 saturated carbocycles. The number of nitrogens with one attached hydrogen (secondary N) is 1. The van der Waals surface area contributed by atoms with Gasteiger partial charge in [0.25, 0.3) is 0 Å². The Morgan fingerprint density at radius 2 is 2.00 bits per heavy atom. The number of carbonyl (C=O) groups excluding carboxylic acids is 1. The Labute approximate surface area is 127 Å². The highest BCUT2D eigenvalue weighted by Crippen LogP contribution is 2.13. The van der Waals surface area contributed by atoms with Crippen LogP contribution in [0, 0.1) is 0 Å². The Hall–Kier alpha value is -1.39. The quantitative estimate of drug-likeness (QED) is 0.686. The Morgan fingerprint density at radius 3 is 2.62 bits per heavy atom. The van der Waals surface area contributed by atoms with E-state index in [9.17, 15) is 9.90 Å². The first-order valence-corrected chi connectivity index (χ1v) is 7.55. The molecular formula is C17H27NO3. The first kappa shape index (κ1) is 17.7. The van der Waals surface area contributed by atoms with Gasteiger partial charge in [0.1, 0.15) is 0 Å². The lowest BCUT2D eigenvalue weighted by atomic mass is 9.95. The molecule has 0 aliphatic carbocycles. The highest BCUT2D eigenvalue weighted by molar-refractivity contribution is 5.69. The summed E-state index contributed by atoms with van der Waals surface area (Å²) in [6, 6.07) is 10.3. The monoisotopic (exact) mass is 293 g/mol. The van der Waals surface area contributed by atoms with Crippen LogP contribution < -0.4 is 5.32 Å². The molecule has 0 saturated heterocycles. The van der Waals surface area contributed by atoms with Gasteiger partial charge in [-0.25, -0.2) is 0 Å². The zero-order valence-corrected chi connectivity index (χ0v) is 13.3. The standard InChI is InChI=1S/C17H27NO3/c1-4-21-16(20)12-15(19)13-18-17(2,3)11-10-14-8-6-5-7-9-14/h5-9,15,18-19H,4,10-13H2,1-3H3. The van der Waals surface area contributed by atoms with E-state index in [1.807, 2.05) is 18.2 Å². The molecule has 0 radical (unpaired) electrons.